The first kappa shape index (κ1) is 35.0. The highest BCUT2D eigenvalue weighted by atomic mass is 35.5. The van der Waals surface area contributed by atoms with E-state index < -0.39 is 11.7 Å². The first-order chi connectivity index (χ1) is 22.2. The van der Waals surface area contributed by atoms with Gasteiger partial charge in [0, 0.05) is 54.7 Å². The fourth-order valence-electron chi connectivity index (χ4n) is 6.59. The van der Waals surface area contributed by atoms with Crippen LogP contribution in [0.25, 0.3) is 11.1 Å². The van der Waals surface area contributed by atoms with Gasteiger partial charge < -0.3 is 25.4 Å². The van der Waals surface area contributed by atoms with Gasteiger partial charge in [-0.25, -0.2) is 4.79 Å². The topological polar surface area (TPSA) is 115 Å². The van der Waals surface area contributed by atoms with Gasteiger partial charge in [0.2, 0.25) is 0 Å². The molecule has 3 aromatic rings. The number of alkyl carbamates (subject to hydrolysis) is 1. The number of piperidine rings is 1. The molecule has 0 aromatic heterocycles. The zero-order chi connectivity index (χ0) is 33.1. The van der Waals surface area contributed by atoms with E-state index in [1.54, 1.807) is 0 Å². The Morgan fingerprint density at radius 1 is 1.15 bits per heavy atom. The van der Waals surface area contributed by atoms with Gasteiger partial charge in [0.15, 0.2) is 0 Å². The van der Waals surface area contributed by atoms with Gasteiger partial charge in [-0.1, -0.05) is 67.1 Å². The minimum atomic E-state index is -1.35. The van der Waals surface area contributed by atoms with E-state index >= 15 is 0 Å². The average molecular weight is 645 g/mol. The Bertz CT molecular complexity index is 1550. The van der Waals surface area contributed by atoms with E-state index in [0.717, 1.165) is 46.2 Å². The number of aliphatic hydroxyl groups is 1. The maximum absolute atomic E-state index is 14.1. The van der Waals surface area contributed by atoms with Crippen LogP contribution in [0.5, 0.6) is 0 Å². The number of halogens is 1. The number of carbonyl (C=O) groups is 2. The number of hydrogen-bond donors (Lipinski definition) is 3. The van der Waals surface area contributed by atoms with Crippen molar-refractivity contribution in [2.45, 2.75) is 64.0 Å². The summed E-state index contributed by atoms with van der Waals surface area (Å²) in [5.74, 6) is -0.383. The molecule has 2 atom stereocenters. The number of benzene rings is 3. The van der Waals surface area contributed by atoms with Gasteiger partial charge in [-0.05, 0) is 85.5 Å². The normalized spacial score (nSPS) is 15.9. The van der Waals surface area contributed by atoms with Crippen LogP contribution in [0.4, 0.5) is 4.79 Å². The van der Waals surface area contributed by atoms with Crippen molar-refractivity contribution in [2.24, 2.45) is 5.92 Å². The molecule has 2 unspecified atom stereocenters. The summed E-state index contributed by atoms with van der Waals surface area (Å²) in [6.07, 6.45) is 3.43. The summed E-state index contributed by atoms with van der Waals surface area (Å²) in [5.41, 5.74) is 4.76. The summed E-state index contributed by atoms with van der Waals surface area (Å²) in [5, 5.41) is 28.6. The van der Waals surface area contributed by atoms with Crippen LogP contribution in [0.15, 0.2) is 60.7 Å². The smallest absolute Gasteiger partial charge is 0.406 e. The Morgan fingerprint density at radius 2 is 1.96 bits per heavy atom. The quantitative estimate of drug-likeness (QED) is 0.180. The SMILES string of the molecule is CCc1cccc(-c2c(Cl)cccc2C(O)(CCCNC(=O)OC)C2CCCN(C(=O)c3ccc(CNC)cc3CCC#N)C2)c1. The van der Waals surface area contributed by atoms with E-state index in [1.807, 2.05) is 60.5 Å². The minimum absolute atomic E-state index is 0.0923. The van der Waals surface area contributed by atoms with Crippen molar-refractivity contribution in [2.75, 3.05) is 33.8 Å². The van der Waals surface area contributed by atoms with Crippen LogP contribution in [-0.4, -0.2) is 55.8 Å². The van der Waals surface area contributed by atoms with Crippen LogP contribution in [-0.2, 0) is 29.7 Å². The first-order valence-corrected chi connectivity index (χ1v) is 16.5. The maximum atomic E-state index is 14.1. The second-order valence-corrected chi connectivity index (χ2v) is 12.3. The molecule has 2 amide bonds. The Labute approximate surface area is 277 Å². The van der Waals surface area contributed by atoms with E-state index in [2.05, 4.69) is 35.8 Å². The van der Waals surface area contributed by atoms with Gasteiger partial charge in [0.25, 0.3) is 5.91 Å². The van der Waals surface area contributed by atoms with E-state index in [4.69, 9.17) is 16.3 Å². The maximum Gasteiger partial charge on any atom is 0.406 e. The highest BCUT2D eigenvalue weighted by molar-refractivity contribution is 6.33. The van der Waals surface area contributed by atoms with Gasteiger partial charge in [-0.3, -0.25) is 4.79 Å². The number of carbonyl (C=O) groups excluding carboxylic acids is 2. The zero-order valence-electron chi connectivity index (χ0n) is 27.1. The number of nitrogens with zero attached hydrogens (tertiary/aromatic N) is 2. The Balaban J connectivity index is 1.72. The van der Waals surface area contributed by atoms with E-state index in [1.165, 1.54) is 7.11 Å². The van der Waals surface area contributed by atoms with Crippen molar-refractivity contribution in [1.29, 1.82) is 5.26 Å². The summed E-state index contributed by atoms with van der Waals surface area (Å²) >= 11 is 6.90. The number of aryl methyl sites for hydroxylation is 2. The molecule has 8 nitrogen and oxygen atoms in total. The van der Waals surface area contributed by atoms with Crippen molar-refractivity contribution in [1.82, 2.24) is 15.5 Å². The molecule has 1 fully saturated rings. The fraction of sp³-hybridized carbons (Fsp3) is 0.432. The third kappa shape index (κ3) is 8.27. The summed E-state index contributed by atoms with van der Waals surface area (Å²) in [6.45, 7) is 4.03. The number of rotatable bonds is 13. The molecular formula is C37H45ClN4O4. The number of nitriles is 1. The predicted molar refractivity (Wildman–Crippen MR) is 182 cm³/mol. The Morgan fingerprint density at radius 3 is 2.70 bits per heavy atom. The lowest BCUT2D eigenvalue weighted by atomic mass is 9.72. The number of ether oxygens (including phenoxy) is 1. The van der Waals surface area contributed by atoms with Crippen LogP contribution >= 0.6 is 11.6 Å². The summed E-state index contributed by atoms with van der Waals surface area (Å²) in [7, 11) is 3.20. The van der Waals surface area contributed by atoms with Crippen molar-refractivity contribution in [3.63, 3.8) is 0 Å². The molecule has 0 aliphatic carbocycles. The lowest BCUT2D eigenvalue weighted by molar-refractivity contribution is -0.0563. The molecule has 4 rings (SSSR count). The molecule has 3 aromatic carbocycles. The lowest BCUT2D eigenvalue weighted by Crippen LogP contribution is -2.48. The molecule has 1 aliphatic rings. The first-order valence-electron chi connectivity index (χ1n) is 16.1. The van der Waals surface area contributed by atoms with Crippen LogP contribution in [0.2, 0.25) is 5.02 Å². The van der Waals surface area contributed by atoms with Crippen molar-refractivity contribution in [3.8, 4) is 17.2 Å². The molecule has 0 bridgehead atoms. The molecular weight excluding hydrogens is 600 g/mol. The van der Waals surface area contributed by atoms with Gasteiger partial charge in [-0.15, -0.1) is 0 Å². The molecule has 244 valence electrons. The van der Waals surface area contributed by atoms with Crippen LogP contribution in [0.3, 0.4) is 0 Å². The molecule has 1 saturated heterocycles. The molecule has 0 radical (unpaired) electrons. The number of methoxy groups -OCH3 is 1. The van der Waals surface area contributed by atoms with Gasteiger partial charge in [0.1, 0.15) is 0 Å². The van der Waals surface area contributed by atoms with E-state index in [0.29, 0.717) is 68.9 Å². The third-order valence-electron chi connectivity index (χ3n) is 8.96. The van der Waals surface area contributed by atoms with E-state index in [9.17, 15) is 20.0 Å². The fourth-order valence-corrected chi connectivity index (χ4v) is 6.88. The second kappa shape index (κ2) is 16.6. The highest BCUT2D eigenvalue weighted by Crippen LogP contribution is 2.46. The van der Waals surface area contributed by atoms with Crippen molar-refractivity contribution < 1.29 is 19.4 Å². The standard InChI is InChI=1S/C37H45ClN4O4/c1-4-26-10-5-11-29(22-26)34-32(14-6-15-33(34)38)37(45,18-9-20-41-36(44)46-3)30-13-8-21-42(25-30)35(43)31-17-16-27(24-40-2)23-28(31)12-7-19-39/h5-6,10-11,14-17,22-23,30,40,45H,4,7-9,12-13,18,20-21,24-25H2,1-3H3,(H,41,44). The number of nitrogens with one attached hydrogen (secondary N) is 2. The number of hydrogen-bond acceptors (Lipinski definition) is 6. The van der Waals surface area contributed by atoms with Crippen molar-refractivity contribution >= 4 is 23.6 Å². The second-order valence-electron chi connectivity index (χ2n) is 11.9. The minimum Gasteiger partial charge on any atom is -0.453 e. The van der Waals surface area contributed by atoms with Crippen LogP contribution in [0, 0.1) is 17.2 Å². The number of likely N-dealkylation sites (tertiary alicyclic amines) is 1. The molecule has 0 saturated carbocycles. The zero-order valence-corrected chi connectivity index (χ0v) is 27.8. The largest absolute Gasteiger partial charge is 0.453 e. The van der Waals surface area contributed by atoms with Gasteiger partial charge in [-0.2, -0.15) is 5.26 Å². The number of amides is 2. The van der Waals surface area contributed by atoms with Crippen LogP contribution < -0.4 is 10.6 Å². The molecule has 1 aliphatic heterocycles. The molecule has 0 spiro atoms. The predicted octanol–water partition coefficient (Wildman–Crippen LogP) is 6.62. The van der Waals surface area contributed by atoms with E-state index in [-0.39, 0.29) is 11.8 Å². The molecule has 46 heavy (non-hydrogen) atoms. The molecule has 9 heteroatoms. The van der Waals surface area contributed by atoms with Gasteiger partial charge in [0.05, 0.1) is 18.8 Å². The molecule has 1 heterocycles. The van der Waals surface area contributed by atoms with Gasteiger partial charge >= 0.3 is 6.09 Å². The summed E-state index contributed by atoms with van der Waals surface area (Å²) < 4.78 is 4.74. The summed E-state index contributed by atoms with van der Waals surface area (Å²) in [6, 6.07) is 21.9. The van der Waals surface area contributed by atoms with Crippen molar-refractivity contribution in [3.05, 3.63) is 93.5 Å². The summed E-state index contributed by atoms with van der Waals surface area (Å²) in [4.78, 5) is 27.7. The van der Waals surface area contributed by atoms with Crippen LogP contribution in [0.1, 0.15) is 71.6 Å². The Kier molecular flexibility index (Phi) is 12.6. The highest BCUT2D eigenvalue weighted by Gasteiger charge is 2.43. The molecule has 3 N–H and O–H groups in total. The Hall–Kier alpha value is -3.90. The monoisotopic (exact) mass is 644 g/mol. The average Bonchev–Trinajstić information content (AvgIpc) is 3.08. The lowest BCUT2D eigenvalue weighted by Gasteiger charge is -2.44. The third-order valence-corrected chi connectivity index (χ3v) is 9.28.